The Morgan fingerprint density at radius 2 is 1.70 bits per heavy atom. The predicted octanol–water partition coefficient (Wildman–Crippen LogP) is 1.77. The summed E-state index contributed by atoms with van der Waals surface area (Å²) in [6.07, 6.45) is 1.15. The van der Waals surface area contributed by atoms with Gasteiger partial charge < -0.3 is 19.8 Å². The van der Waals surface area contributed by atoms with Crippen molar-refractivity contribution in [2.24, 2.45) is 0 Å². The SMILES string of the molecule is CC(=O)[O-].c1ccc(-c2[nH]c3ccccc3c2CC[NH+]2CCSCC2)cc1. The first-order valence-electron chi connectivity index (χ1n) is 9.39. The number of nitrogens with one attached hydrogen (secondary N) is 2. The van der Waals surface area contributed by atoms with Crippen LogP contribution < -0.4 is 10.0 Å². The van der Waals surface area contributed by atoms with E-state index in [-0.39, 0.29) is 0 Å². The van der Waals surface area contributed by atoms with Crippen LogP contribution in [0.5, 0.6) is 0 Å². The van der Waals surface area contributed by atoms with Crippen LogP contribution in [0.2, 0.25) is 0 Å². The number of quaternary nitrogens is 1. The van der Waals surface area contributed by atoms with Crippen LogP contribution in [0.25, 0.3) is 22.2 Å². The molecule has 0 amide bonds. The molecule has 0 aliphatic carbocycles. The van der Waals surface area contributed by atoms with Crippen molar-refractivity contribution in [3.63, 3.8) is 0 Å². The quantitative estimate of drug-likeness (QED) is 0.723. The fraction of sp³-hybridized carbons (Fsp3) is 0.318. The number of carboxylic acids is 1. The largest absolute Gasteiger partial charge is 0.550 e. The lowest BCUT2D eigenvalue weighted by molar-refractivity contribution is -0.896. The molecule has 2 N–H and O–H groups in total. The number of carbonyl (C=O) groups is 1. The fourth-order valence-corrected chi connectivity index (χ4v) is 4.59. The first kappa shape index (κ1) is 19.5. The van der Waals surface area contributed by atoms with E-state index >= 15 is 0 Å². The molecule has 27 heavy (non-hydrogen) atoms. The number of rotatable bonds is 4. The number of hydrogen-bond donors (Lipinski definition) is 2. The number of hydrogen-bond acceptors (Lipinski definition) is 3. The van der Waals surface area contributed by atoms with Crippen molar-refractivity contribution < 1.29 is 14.8 Å². The van der Waals surface area contributed by atoms with E-state index in [4.69, 9.17) is 9.90 Å². The third-order valence-corrected chi connectivity index (χ3v) is 5.79. The Labute approximate surface area is 164 Å². The highest BCUT2D eigenvalue weighted by molar-refractivity contribution is 7.99. The van der Waals surface area contributed by atoms with Gasteiger partial charge in [-0.3, -0.25) is 0 Å². The molecule has 3 aromatic rings. The van der Waals surface area contributed by atoms with Gasteiger partial charge in [0.15, 0.2) is 0 Å². The molecule has 4 nitrogen and oxygen atoms in total. The van der Waals surface area contributed by atoms with E-state index in [9.17, 15) is 0 Å². The highest BCUT2D eigenvalue weighted by atomic mass is 32.2. The van der Waals surface area contributed by atoms with E-state index in [2.05, 4.69) is 71.3 Å². The molecule has 0 saturated carbocycles. The number of carbonyl (C=O) groups excluding carboxylic acids is 1. The topological polar surface area (TPSA) is 60.4 Å². The van der Waals surface area contributed by atoms with Crippen LogP contribution in [-0.2, 0) is 11.2 Å². The summed E-state index contributed by atoms with van der Waals surface area (Å²) in [5, 5.41) is 10.3. The molecule has 2 heterocycles. The minimum atomic E-state index is -1.08. The van der Waals surface area contributed by atoms with Gasteiger partial charge in [0.2, 0.25) is 0 Å². The molecular formula is C22H26N2O2S. The lowest BCUT2D eigenvalue weighted by Crippen LogP contribution is -3.13. The predicted molar refractivity (Wildman–Crippen MR) is 111 cm³/mol. The van der Waals surface area contributed by atoms with Gasteiger partial charge in [-0.15, -0.1) is 0 Å². The molecule has 1 aliphatic heterocycles. The van der Waals surface area contributed by atoms with Crippen LogP contribution in [-0.4, -0.2) is 42.1 Å². The standard InChI is InChI=1S/C20H22N2S.C2H4O2/c1-2-6-16(7-3-1)20-18(10-11-22-12-14-23-15-13-22)17-8-4-5-9-19(17)21-20;1-2(3)4/h1-9,21H,10-15H2;1H3,(H,3,4). The second-order valence-corrected chi connectivity index (χ2v) is 7.97. The highest BCUT2D eigenvalue weighted by Gasteiger charge is 2.17. The number of benzene rings is 2. The maximum Gasteiger partial charge on any atom is 0.0863 e. The molecule has 0 unspecified atom stereocenters. The zero-order valence-corrected chi connectivity index (χ0v) is 16.5. The maximum atomic E-state index is 8.89. The summed E-state index contributed by atoms with van der Waals surface area (Å²) in [5.41, 5.74) is 5.34. The summed E-state index contributed by atoms with van der Waals surface area (Å²) in [6.45, 7) is 4.84. The summed E-state index contributed by atoms with van der Waals surface area (Å²) >= 11 is 2.10. The van der Waals surface area contributed by atoms with Crippen molar-refractivity contribution in [3.8, 4) is 11.3 Å². The lowest BCUT2D eigenvalue weighted by atomic mass is 10.0. The van der Waals surface area contributed by atoms with Crippen LogP contribution in [0.15, 0.2) is 54.6 Å². The Hall–Kier alpha value is -2.24. The van der Waals surface area contributed by atoms with Crippen molar-refractivity contribution in [2.75, 3.05) is 31.1 Å². The summed E-state index contributed by atoms with van der Waals surface area (Å²) in [4.78, 5) is 14.3. The minimum Gasteiger partial charge on any atom is -0.550 e. The highest BCUT2D eigenvalue weighted by Crippen LogP contribution is 2.30. The average molecular weight is 383 g/mol. The van der Waals surface area contributed by atoms with E-state index in [0.29, 0.717) is 0 Å². The molecule has 2 aromatic carbocycles. The zero-order valence-electron chi connectivity index (χ0n) is 15.7. The number of carboxylic acid groups (broad SMARTS) is 1. The average Bonchev–Trinajstić information content (AvgIpc) is 3.06. The first-order chi connectivity index (χ1) is 13.1. The Morgan fingerprint density at radius 3 is 2.41 bits per heavy atom. The van der Waals surface area contributed by atoms with Crippen molar-refractivity contribution in [1.82, 2.24) is 4.98 Å². The van der Waals surface area contributed by atoms with E-state index < -0.39 is 5.97 Å². The third kappa shape index (κ3) is 5.37. The Balaban J connectivity index is 0.000000481. The van der Waals surface area contributed by atoms with Crippen LogP contribution >= 0.6 is 11.8 Å². The summed E-state index contributed by atoms with van der Waals surface area (Å²) in [6, 6.07) is 19.5. The van der Waals surface area contributed by atoms with Crippen molar-refractivity contribution in [3.05, 3.63) is 60.2 Å². The second-order valence-electron chi connectivity index (χ2n) is 6.74. The molecule has 1 aliphatic rings. The molecule has 1 fully saturated rings. The van der Waals surface area contributed by atoms with Crippen molar-refractivity contribution in [1.29, 1.82) is 0 Å². The maximum absolute atomic E-state index is 8.89. The van der Waals surface area contributed by atoms with Crippen molar-refractivity contribution >= 4 is 28.6 Å². The number of H-pyrrole nitrogens is 1. The van der Waals surface area contributed by atoms with E-state index in [1.807, 2.05) is 0 Å². The van der Waals surface area contributed by atoms with Gasteiger partial charge in [-0.2, -0.15) is 11.8 Å². The molecule has 1 aromatic heterocycles. The molecule has 0 bridgehead atoms. The van der Waals surface area contributed by atoms with E-state index in [0.717, 1.165) is 13.3 Å². The molecule has 1 saturated heterocycles. The monoisotopic (exact) mass is 382 g/mol. The van der Waals surface area contributed by atoms with Crippen LogP contribution in [0.1, 0.15) is 12.5 Å². The smallest absolute Gasteiger partial charge is 0.0863 e. The molecule has 5 heteroatoms. The molecule has 0 radical (unpaired) electrons. The van der Waals surface area contributed by atoms with Gasteiger partial charge in [0.05, 0.1) is 19.6 Å². The molecule has 0 atom stereocenters. The first-order valence-corrected chi connectivity index (χ1v) is 10.5. The number of thioether (sulfide) groups is 1. The van der Waals surface area contributed by atoms with Gasteiger partial charge in [0.1, 0.15) is 0 Å². The number of fused-ring (bicyclic) bond motifs is 1. The fourth-order valence-electron chi connectivity index (χ4n) is 3.52. The summed E-state index contributed by atoms with van der Waals surface area (Å²) in [7, 11) is 0. The summed E-state index contributed by atoms with van der Waals surface area (Å²) < 4.78 is 0. The van der Waals surface area contributed by atoms with Crippen molar-refractivity contribution in [2.45, 2.75) is 13.3 Å². The number of aliphatic carboxylic acids is 1. The van der Waals surface area contributed by atoms with Crippen LogP contribution in [0.4, 0.5) is 0 Å². The molecule has 4 rings (SSSR count). The minimum absolute atomic E-state index is 0.972. The molecule has 142 valence electrons. The molecule has 0 spiro atoms. The van der Waals surface area contributed by atoms with Gasteiger partial charge in [-0.05, 0) is 24.1 Å². The lowest BCUT2D eigenvalue weighted by Gasteiger charge is -2.23. The Bertz CT molecular complexity index is 866. The number of para-hydroxylation sites is 1. The van der Waals surface area contributed by atoms with Crippen LogP contribution in [0, 0.1) is 0 Å². The summed E-state index contributed by atoms with van der Waals surface area (Å²) in [5.74, 6) is 1.55. The second kappa shape index (κ2) is 9.62. The number of aromatic nitrogens is 1. The van der Waals surface area contributed by atoms with E-state index in [1.165, 1.54) is 58.9 Å². The normalized spacial score (nSPS) is 14.6. The van der Waals surface area contributed by atoms with Gasteiger partial charge in [0.25, 0.3) is 0 Å². The van der Waals surface area contributed by atoms with Gasteiger partial charge >= 0.3 is 0 Å². The van der Waals surface area contributed by atoms with Gasteiger partial charge in [0, 0.05) is 40.5 Å². The molecular weight excluding hydrogens is 356 g/mol. The zero-order chi connectivity index (χ0) is 19.1. The van der Waals surface area contributed by atoms with Gasteiger partial charge in [-0.1, -0.05) is 48.5 Å². The van der Waals surface area contributed by atoms with Gasteiger partial charge in [-0.25, -0.2) is 0 Å². The Morgan fingerprint density at radius 1 is 1.07 bits per heavy atom. The van der Waals surface area contributed by atoms with E-state index in [1.54, 1.807) is 4.90 Å². The van der Waals surface area contributed by atoms with Crippen LogP contribution in [0.3, 0.4) is 0 Å². The Kier molecular flexibility index (Phi) is 6.96. The number of aromatic amines is 1. The third-order valence-electron chi connectivity index (χ3n) is 4.80.